The zero-order valence-electron chi connectivity index (χ0n) is 10.9. The Kier molecular flexibility index (Phi) is 4.34. The van der Waals surface area contributed by atoms with Gasteiger partial charge in [0.05, 0.1) is 18.1 Å². The normalized spacial score (nSPS) is 10.0. The molecule has 7 nitrogen and oxygen atoms in total. The third-order valence-electron chi connectivity index (χ3n) is 2.64. The fourth-order valence-electron chi connectivity index (χ4n) is 1.63. The van der Waals surface area contributed by atoms with E-state index in [-0.39, 0.29) is 22.1 Å². The van der Waals surface area contributed by atoms with Crippen LogP contribution >= 0.6 is 11.6 Å². The molecule has 1 heterocycles. The first-order valence-corrected chi connectivity index (χ1v) is 6.14. The van der Waals surface area contributed by atoms with Crippen LogP contribution in [-0.2, 0) is 0 Å². The smallest absolute Gasteiger partial charge is 0.296 e. The molecule has 0 aliphatic heterocycles. The number of aromatic nitrogens is 1. The highest BCUT2D eigenvalue weighted by Crippen LogP contribution is 2.29. The number of ether oxygens (including phenoxy) is 1. The summed E-state index contributed by atoms with van der Waals surface area (Å²) in [4.78, 5) is 26.2. The van der Waals surface area contributed by atoms with Crippen LogP contribution in [0.15, 0.2) is 36.5 Å². The van der Waals surface area contributed by atoms with Crippen molar-refractivity contribution in [1.82, 2.24) is 4.98 Å². The molecule has 0 atom stereocenters. The first-order valence-electron chi connectivity index (χ1n) is 5.76. The molecule has 0 radical (unpaired) electrons. The van der Waals surface area contributed by atoms with Gasteiger partial charge < -0.3 is 10.1 Å². The lowest BCUT2D eigenvalue weighted by atomic mass is 10.2. The summed E-state index contributed by atoms with van der Waals surface area (Å²) in [5.41, 5.74) is 0.0571. The van der Waals surface area contributed by atoms with E-state index in [0.717, 1.165) is 0 Å². The number of carbonyl (C=O) groups excluding carboxylic acids is 1. The molecule has 1 amide bonds. The van der Waals surface area contributed by atoms with Gasteiger partial charge in [-0.05, 0) is 24.3 Å². The van der Waals surface area contributed by atoms with E-state index in [0.29, 0.717) is 5.75 Å². The van der Waals surface area contributed by atoms with Crippen LogP contribution in [0.1, 0.15) is 10.4 Å². The number of benzene rings is 1. The monoisotopic (exact) mass is 307 g/mol. The number of methoxy groups -OCH3 is 1. The Balaban J connectivity index is 2.31. The number of halogens is 1. The van der Waals surface area contributed by atoms with Crippen LogP contribution in [0.5, 0.6) is 5.75 Å². The fourth-order valence-corrected chi connectivity index (χ4v) is 1.81. The molecule has 2 aromatic rings. The predicted molar refractivity (Wildman–Crippen MR) is 76.8 cm³/mol. The van der Waals surface area contributed by atoms with E-state index in [1.165, 1.54) is 43.6 Å². The number of nitro benzene ring substituents is 1. The van der Waals surface area contributed by atoms with Crippen molar-refractivity contribution in [3.05, 3.63) is 57.4 Å². The maximum absolute atomic E-state index is 12.0. The van der Waals surface area contributed by atoms with E-state index in [1.807, 2.05) is 0 Å². The second-order valence-corrected chi connectivity index (χ2v) is 4.35. The molecule has 1 aromatic heterocycles. The highest BCUT2D eigenvalue weighted by atomic mass is 35.5. The molecule has 21 heavy (non-hydrogen) atoms. The van der Waals surface area contributed by atoms with Gasteiger partial charge in [0.2, 0.25) is 0 Å². The molecule has 0 bridgehead atoms. The van der Waals surface area contributed by atoms with E-state index in [9.17, 15) is 14.9 Å². The zero-order chi connectivity index (χ0) is 15.4. The highest BCUT2D eigenvalue weighted by molar-refractivity contribution is 6.29. The van der Waals surface area contributed by atoms with Crippen molar-refractivity contribution < 1.29 is 14.5 Å². The quantitative estimate of drug-likeness (QED) is 0.532. The summed E-state index contributed by atoms with van der Waals surface area (Å²) in [6, 6.07) is 6.97. The topological polar surface area (TPSA) is 94.4 Å². The Morgan fingerprint density at radius 2 is 2.14 bits per heavy atom. The van der Waals surface area contributed by atoms with Crippen molar-refractivity contribution in [3.8, 4) is 5.75 Å². The van der Waals surface area contributed by atoms with E-state index in [4.69, 9.17) is 16.3 Å². The van der Waals surface area contributed by atoms with Crippen LogP contribution < -0.4 is 10.1 Å². The van der Waals surface area contributed by atoms with Crippen molar-refractivity contribution in [2.75, 3.05) is 12.4 Å². The number of hydrogen-bond donors (Lipinski definition) is 1. The van der Waals surface area contributed by atoms with Gasteiger partial charge >= 0.3 is 0 Å². The number of nitrogens with one attached hydrogen (secondary N) is 1. The summed E-state index contributed by atoms with van der Waals surface area (Å²) in [5.74, 6) is -0.195. The van der Waals surface area contributed by atoms with Crippen LogP contribution in [0.2, 0.25) is 5.15 Å². The van der Waals surface area contributed by atoms with E-state index < -0.39 is 10.8 Å². The number of rotatable bonds is 4. The lowest BCUT2D eigenvalue weighted by Gasteiger charge is -2.07. The third-order valence-corrected chi connectivity index (χ3v) is 2.85. The number of pyridine rings is 1. The predicted octanol–water partition coefficient (Wildman–Crippen LogP) is 2.90. The molecule has 1 N–H and O–H groups in total. The second-order valence-electron chi connectivity index (χ2n) is 3.96. The maximum atomic E-state index is 12.0. The molecule has 2 rings (SSSR count). The third kappa shape index (κ3) is 3.46. The Morgan fingerprint density at radius 1 is 1.38 bits per heavy atom. The molecular weight excluding hydrogens is 298 g/mol. The zero-order valence-corrected chi connectivity index (χ0v) is 11.6. The van der Waals surface area contributed by atoms with Crippen molar-refractivity contribution in [1.29, 1.82) is 0 Å². The van der Waals surface area contributed by atoms with Gasteiger partial charge in [0, 0.05) is 11.8 Å². The van der Waals surface area contributed by atoms with Crippen molar-refractivity contribution in [3.63, 3.8) is 0 Å². The lowest BCUT2D eigenvalue weighted by molar-refractivity contribution is -0.384. The number of carbonyl (C=O) groups is 1. The van der Waals surface area contributed by atoms with Crippen molar-refractivity contribution in [2.24, 2.45) is 0 Å². The van der Waals surface area contributed by atoms with Gasteiger partial charge in [0.15, 0.2) is 0 Å². The van der Waals surface area contributed by atoms with Gasteiger partial charge in [0.1, 0.15) is 16.6 Å². The minimum absolute atomic E-state index is 0.0683. The molecule has 0 saturated carbocycles. The minimum atomic E-state index is -0.600. The summed E-state index contributed by atoms with van der Waals surface area (Å²) in [6.07, 6.45) is 1.37. The Morgan fingerprint density at radius 3 is 2.76 bits per heavy atom. The maximum Gasteiger partial charge on any atom is 0.296 e. The van der Waals surface area contributed by atoms with Gasteiger partial charge in [-0.3, -0.25) is 14.9 Å². The second kappa shape index (κ2) is 6.19. The fraction of sp³-hybridized carbons (Fsp3) is 0.0769. The average Bonchev–Trinajstić information content (AvgIpc) is 2.47. The first kappa shape index (κ1) is 14.7. The minimum Gasteiger partial charge on any atom is -0.496 e. The number of nitrogens with zero attached hydrogens (tertiary/aromatic N) is 2. The molecule has 0 saturated heterocycles. The van der Waals surface area contributed by atoms with Crippen LogP contribution in [0.3, 0.4) is 0 Å². The number of nitro groups is 1. The van der Waals surface area contributed by atoms with Crippen molar-refractivity contribution in [2.45, 2.75) is 0 Å². The molecule has 0 aliphatic carbocycles. The summed E-state index contributed by atoms with van der Waals surface area (Å²) >= 11 is 5.70. The van der Waals surface area contributed by atoms with Gasteiger partial charge in [-0.2, -0.15) is 0 Å². The van der Waals surface area contributed by atoms with Crippen LogP contribution in [0.4, 0.5) is 11.4 Å². The molecule has 1 aromatic carbocycles. The molecular formula is C13H10ClN3O4. The summed E-state index contributed by atoms with van der Waals surface area (Å²) in [7, 11) is 1.40. The number of amides is 1. The first-order chi connectivity index (χ1) is 10.0. The molecule has 0 spiro atoms. The summed E-state index contributed by atoms with van der Waals surface area (Å²) < 4.78 is 4.92. The number of anilines is 1. The van der Waals surface area contributed by atoms with Crippen molar-refractivity contribution >= 4 is 28.9 Å². The van der Waals surface area contributed by atoms with Crippen LogP contribution in [-0.4, -0.2) is 22.9 Å². The van der Waals surface area contributed by atoms with E-state index >= 15 is 0 Å². The van der Waals surface area contributed by atoms with Gasteiger partial charge in [-0.1, -0.05) is 11.6 Å². The highest BCUT2D eigenvalue weighted by Gasteiger charge is 2.18. The van der Waals surface area contributed by atoms with Crippen LogP contribution in [0, 0.1) is 10.1 Å². The van der Waals surface area contributed by atoms with E-state index in [1.54, 1.807) is 0 Å². The van der Waals surface area contributed by atoms with Crippen LogP contribution in [0.25, 0.3) is 0 Å². The molecule has 0 aliphatic rings. The SMILES string of the molecule is COc1ccc(NC(=O)c2ccnc(Cl)c2)c([N+](=O)[O-])c1. The average molecular weight is 308 g/mol. The lowest BCUT2D eigenvalue weighted by Crippen LogP contribution is -2.13. The molecule has 108 valence electrons. The number of hydrogen-bond acceptors (Lipinski definition) is 5. The molecule has 0 unspecified atom stereocenters. The van der Waals surface area contributed by atoms with Gasteiger partial charge in [-0.15, -0.1) is 0 Å². The molecule has 0 fully saturated rings. The Labute approximate surface area is 124 Å². The Bertz CT molecular complexity index is 706. The van der Waals surface area contributed by atoms with Gasteiger partial charge in [-0.25, -0.2) is 4.98 Å². The Hall–Kier alpha value is -2.67. The summed E-state index contributed by atoms with van der Waals surface area (Å²) in [5, 5.41) is 13.7. The van der Waals surface area contributed by atoms with Gasteiger partial charge in [0.25, 0.3) is 11.6 Å². The molecule has 8 heteroatoms. The van der Waals surface area contributed by atoms with E-state index in [2.05, 4.69) is 10.3 Å². The standard InChI is InChI=1S/C13H10ClN3O4/c1-21-9-2-3-10(11(7-9)17(19)20)16-13(18)8-4-5-15-12(14)6-8/h2-7H,1H3,(H,16,18). The summed E-state index contributed by atoms with van der Waals surface area (Å²) in [6.45, 7) is 0. The largest absolute Gasteiger partial charge is 0.496 e.